The summed E-state index contributed by atoms with van der Waals surface area (Å²) in [6.07, 6.45) is -4.40. The number of hydrogen-bond acceptors (Lipinski definition) is 2. The summed E-state index contributed by atoms with van der Waals surface area (Å²) in [6, 6.07) is 5.07. The van der Waals surface area contributed by atoms with E-state index in [1.54, 1.807) is 5.16 Å². The molecular formula is C10H7F6NO. The molecule has 0 aliphatic heterocycles. The van der Waals surface area contributed by atoms with Crippen molar-refractivity contribution in [1.29, 1.82) is 0 Å². The van der Waals surface area contributed by atoms with E-state index in [2.05, 4.69) is 0 Å². The molecule has 100 valence electrons. The van der Waals surface area contributed by atoms with Crippen LogP contribution in [-0.4, -0.2) is 23.3 Å². The Bertz CT molecular complexity index is 431. The predicted octanol–water partition coefficient (Wildman–Crippen LogP) is 3.51. The molecule has 0 heterocycles. The molecule has 1 rings (SSSR count). The van der Waals surface area contributed by atoms with Crippen LogP contribution in [0.1, 0.15) is 5.56 Å². The third-order valence-electron chi connectivity index (χ3n) is 2.12. The van der Waals surface area contributed by atoms with E-state index in [1.807, 2.05) is 0 Å². The minimum Gasteiger partial charge on any atom is -0.411 e. The van der Waals surface area contributed by atoms with Crippen molar-refractivity contribution in [2.24, 2.45) is 5.16 Å². The molecule has 8 heteroatoms. The average molecular weight is 271 g/mol. The lowest BCUT2D eigenvalue weighted by atomic mass is 9.99. The van der Waals surface area contributed by atoms with Gasteiger partial charge < -0.3 is 5.21 Å². The molecule has 0 saturated carbocycles. The lowest BCUT2D eigenvalue weighted by Gasteiger charge is -2.23. The van der Waals surface area contributed by atoms with E-state index in [9.17, 15) is 26.3 Å². The Morgan fingerprint density at radius 1 is 1.06 bits per heavy atom. The van der Waals surface area contributed by atoms with Crippen LogP contribution >= 0.6 is 0 Å². The zero-order valence-electron chi connectivity index (χ0n) is 8.63. The van der Waals surface area contributed by atoms with Gasteiger partial charge in [0.1, 0.15) is 0 Å². The topological polar surface area (TPSA) is 32.6 Å². The second kappa shape index (κ2) is 4.87. The molecule has 2 nitrogen and oxygen atoms in total. The Morgan fingerprint density at radius 3 is 1.94 bits per heavy atom. The summed E-state index contributed by atoms with van der Waals surface area (Å²) >= 11 is 0. The fourth-order valence-electron chi connectivity index (χ4n) is 1.23. The molecule has 0 aliphatic rings. The highest BCUT2D eigenvalue weighted by atomic mass is 19.3. The molecule has 1 aromatic rings. The van der Waals surface area contributed by atoms with Gasteiger partial charge in [-0.05, 0) is 0 Å². The first kappa shape index (κ1) is 14.3. The van der Waals surface area contributed by atoms with E-state index in [-0.39, 0.29) is 0 Å². The molecular weight excluding hydrogens is 264 g/mol. The zero-order valence-corrected chi connectivity index (χ0v) is 8.63. The standard InChI is InChI=1S/C10H7F6NO/c11-8(12)10(15,16)7(17-18)9(13,14)6-4-2-1-3-5-6/h1-5,8,18H. The molecule has 0 fully saturated rings. The Balaban J connectivity index is 3.26. The zero-order chi connectivity index (χ0) is 14.0. The normalized spacial score (nSPS) is 14.1. The molecule has 0 radical (unpaired) electrons. The lowest BCUT2D eigenvalue weighted by Crippen LogP contribution is -2.46. The average Bonchev–Trinajstić information content (AvgIpc) is 2.30. The molecule has 0 bridgehead atoms. The van der Waals surface area contributed by atoms with Gasteiger partial charge in [0.2, 0.25) is 5.71 Å². The van der Waals surface area contributed by atoms with Gasteiger partial charge in [-0.2, -0.15) is 17.6 Å². The number of nitrogens with zero attached hydrogens (tertiary/aromatic N) is 1. The highest BCUT2D eigenvalue weighted by molar-refractivity contribution is 5.97. The van der Waals surface area contributed by atoms with Crippen molar-refractivity contribution in [2.45, 2.75) is 18.3 Å². The van der Waals surface area contributed by atoms with Gasteiger partial charge in [-0.3, -0.25) is 0 Å². The van der Waals surface area contributed by atoms with Crippen LogP contribution in [0, 0.1) is 0 Å². The number of oxime groups is 1. The Labute approximate surface area is 97.5 Å². The smallest absolute Gasteiger partial charge is 0.354 e. The second-order valence-corrected chi connectivity index (χ2v) is 3.31. The first-order valence-electron chi connectivity index (χ1n) is 4.57. The lowest BCUT2D eigenvalue weighted by molar-refractivity contribution is -0.0934. The van der Waals surface area contributed by atoms with Gasteiger partial charge in [0, 0.05) is 5.56 Å². The fraction of sp³-hybridized carbons (Fsp3) is 0.300. The Morgan fingerprint density at radius 2 is 1.56 bits per heavy atom. The minimum absolute atomic E-state index is 0.757. The SMILES string of the molecule is ON=C(C(F)(F)c1ccccc1)C(F)(F)C(F)F. The molecule has 0 amide bonds. The van der Waals surface area contributed by atoms with Gasteiger partial charge in [-0.15, -0.1) is 0 Å². The van der Waals surface area contributed by atoms with Crippen LogP contribution in [0.3, 0.4) is 0 Å². The van der Waals surface area contributed by atoms with Crippen molar-refractivity contribution in [3.05, 3.63) is 35.9 Å². The second-order valence-electron chi connectivity index (χ2n) is 3.31. The molecule has 0 unspecified atom stereocenters. The van der Waals surface area contributed by atoms with Gasteiger partial charge in [0.25, 0.3) is 0 Å². The van der Waals surface area contributed by atoms with Gasteiger partial charge in [0.05, 0.1) is 0 Å². The van der Waals surface area contributed by atoms with Crippen LogP contribution in [0.25, 0.3) is 0 Å². The summed E-state index contributed by atoms with van der Waals surface area (Å²) in [5, 5.41) is 9.87. The van der Waals surface area contributed by atoms with E-state index in [4.69, 9.17) is 5.21 Å². The van der Waals surface area contributed by atoms with Crippen molar-refractivity contribution in [2.75, 3.05) is 0 Å². The van der Waals surface area contributed by atoms with Crippen LogP contribution in [0.15, 0.2) is 35.5 Å². The van der Waals surface area contributed by atoms with E-state index in [0.29, 0.717) is 0 Å². The van der Waals surface area contributed by atoms with Crippen LogP contribution in [0.5, 0.6) is 0 Å². The van der Waals surface area contributed by atoms with Gasteiger partial charge >= 0.3 is 18.3 Å². The fourth-order valence-corrected chi connectivity index (χ4v) is 1.23. The first-order valence-corrected chi connectivity index (χ1v) is 4.57. The van der Waals surface area contributed by atoms with Crippen LogP contribution < -0.4 is 0 Å². The highest BCUT2D eigenvalue weighted by Crippen LogP contribution is 2.38. The Kier molecular flexibility index (Phi) is 3.88. The maximum atomic E-state index is 13.6. The van der Waals surface area contributed by atoms with Crippen molar-refractivity contribution >= 4 is 5.71 Å². The maximum Gasteiger partial charge on any atom is 0.354 e. The van der Waals surface area contributed by atoms with E-state index in [0.717, 1.165) is 24.3 Å². The summed E-state index contributed by atoms with van der Waals surface area (Å²) in [6.45, 7) is 0. The van der Waals surface area contributed by atoms with Crippen LogP contribution in [0.4, 0.5) is 26.3 Å². The van der Waals surface area contributed by atoms with Crippen LogP contribution in [-0.2, 0) is 5.92 Å². The quantitative estimate of drug-likeness (QED) is 0.386. The van der Waals surface area contributed by atoms with Gasteiger partial charge in [-0.1, -0.05) is 35.5 Å². The van der Waals surface area contributed by atoms with Crippen molar-refractivity contribution in [1.82, 2.24) is 0 Å². The highest BCUT2D eigenvalue weighted by Gasteiger charge is 2.58. The molecule has 0 saturated heterocycles. The summed E-state index contributed by atoms with van der Waals surface area (Å²) < 4.78 is 76.9. The maximum absolute atomic E-state index is 13.6. The van der Waals surface area contributed by atoms with E-state index in [1.165, 1.54) is 6.07 Å². The number of rotatable bonds is 4. The van der Waals surface area contributed by atoms with E-state index < -0.39 is 29.5 Å². The molecule has 1 aromatic carbocycles. The van der Waals surface area contributed by atoms with E-state index >= 15 is 0 Å². The number of halogens is 6. The summed E-state index contributed by atoms with van der Waals surface area (Å²) in [5.41, 5.74) is -3.56. The van der Waals surface area contributed by atoms with Gasteiger partial charge in [0.15, 0.2) is 0 Å². The van der Waals surface area contributed by atoms with Gasteiger partial charge in [-0.25, -0.2) is 8.78 Å². The van der Waals surface area contributed by atoms with Crippen molar-refractivity contribution in [3.63, 3.8) is 0 Å². The third-order valence-corrected chi connectivity index (χ3v) is 2.12. The molecule has 0 aromatic heterocycles. The summed E-state index contributed by atoms with van der Waals surface area (Å²) in [7, 11) is 0. The molecule has 18 heavy (non-hydrogen) atoms. The summed E-state index contributed by atoms with van der Waals surface area (Å²) in [4.78, 5) is 0. The molecule has 1 N–H and O–H groups in total. The predicted molar refractivity (Wildman–Crippen MR) is 50.5 cm³/mol. The minimum atomic E-state index is -5.23. The number of benzene rings is 1. The van der Waals surface area contributed by atoms with Crippen molar-refractivity contribution in [3.8, 4) is 0 Å². The molecule has 0 aliphatic carbocycles. The van der Waals surface area contributed by atoms with Crippen LogP contribution in [0.2, 0.25) is 0 Å². The largest absolute Gasteiger partial charge is 0.411 e. The molecule has 0 atom stereocenters. The van der Waals surface area contributed by atoms with Crippen molar-refractivity contribution < 1.29 is 31.5 Å². The molecule has 0 spiro atoms. The number of hydrogen-bond donors (Lipinski definition) is 1. The first-order chi connectivity index (χ1) is 8.24. The number of alkyl halides is 6. The monoisotopic (exact) mass is 271 g/mol. The summed E-state index contributed by atoms with van der Waals surface area (Å²) in [5.74, 6) is -9.73. The Hall–Kier alpha value is -1.73. The third kappa shape index (κ3) is 2.41.